The molecule has 3 aliphatic carbocycles. The highest BCUT2D eigenvalue weighted by Gasteiger charge is 2.56. The van der Waals surface area contributed by atoms with Gasteiger partial charge in [-0.05, 0) is 91.4 Å². The van der Waals surface area contributed by atoms with Gasteiger partial charge in [-0.1, -0.05) is 19.1 Å². The Bertz CT molecular complexity index is 637. The van der Waals surface area contributed by atoms with Crippen molar-refractivity contribution in [2.24, 2.45) is 17.3 Å². The zero-order valence-corrected chi connectivity index (χ0v) is 15.8. The van der Waals surface area contributed by atoms with Gasteiger partial charge in [-0.25, -0.2) is 0 Å². The average Bonchev–Trinajstić information content (AvgIpc) is 3.04. The molecule has 0 unspecified atom stereocenters. The fourth-order valence-electron chi connectivity index (χ4n) is 6.55. The van der Waals surface area contributed by atoms with Crippen molar-refractivity contribution in [3.8, 4) is 5.75 Å². The maximum atomic E-state index is 6.26. The molecule has 2 heteroatoms. The molecule has 0 heterocycles. The maximum Gasteiger partial charge on any atom is 0.119 e. The molecule has 4 rings (SSSR count). The zero-order chi connectivity index (χ0) is 17.4. The van der Waals surface area contributed by atoms with Crippen molar-refractivity contribution in [2.45, 2.75) is 63.9 Å². The predicted molar refractivity (Wildman–Crippen MR) is 102 cm³/mol. The van der Waals surface area contributed by atoms with E-state index in [-0.39, 0.29) is 0 Å². The van der Waals surface area contributed by atoms with E-state index in [0.717, 1.165) is 23.5 Å². The van der Waals surface area contributed by atoms with Crippen molar-refractivity contribution >= 4 is 0 Å². The Morgan fingerprint density at radius 1 is 1.24 bits per heavy atom. The third-order valence-corrected chi connectivity index (χ3v) is 7.64. The van der Waals surface area contributed by atoms with E-state index in [1.165, 1.54) is 50.5 Å². The monoisotopic (exact) mass is 340 g/mol. The van der Waals surface area contributed by atoms with Crippen LogP contribution in [0, 0.1) is 17.3 Å². The van der Waals surface area contributed by atoms with Crippen LogP contribution in [0.3, 0.4) is 0 Å². The Morgan fingerprint density at radius 2 is 2.12 bits per heavy atom. The lowest BCUT2D eigenvalue weighted by Crippen LogP contribution is -2.46. The quantitative estimate of drug-likeness (QED) is 0.658. The Kier molecular flexibility index (Phi) is 4.66. The van der Waals surface area contributed by atoms with Crippen molar-refractivity contribution < 1.29 is 9.47 Å². The standard InChI is InChI=1S/C23H32O2/c1-4-14-25-22-11-10-21-20-8-6-16-15-17(24-3)7-9-18(16)19(20)12-13-23(21,22)5-2/h4,7,9,15,19-22H,1,5-6,8,10-14H2,2-3H3/t19-,20-,21+,22+,23+/m1/s1. The average molecular weight is 341 g/mol. The fourth-order valence-corrected chi connectivity index (χ4v) is 6.55. The van der Waals surface area contributed by atoms with Crippen molar-refractivity contribution in [1.29, 1.82) is 0 Å². The summed E-state index contributed by atoms with van der Waals surface area (Å²) in [6.45, 7) is 6.94. The van der Waals surface area contributed by atoms with E-state index in [1.807, 2.05) is 6.08 Å². The summed E-state index contributed by atoms with van der Waals surface area (Å²) in [4.78, 5) is 0. The molecule has 0 N–H and O–H groups in total. The normalized spacial score (nSPS) is 36.2. The highest BCUT2D eigenvalue weighted by atomic mass is 16.5. The second-order valence-corrected chi connectivity index (χ2v) is 8.29. The van der Waals surface area contributed by atoms with Gasteiger partial charge < -0.3 is 9.47 Å². The molecule has 0 spiro atoms. The summed E-state index contributed by atoms with van der Waals surface area (Å²) >= 11 is 0. The molecular formula is C23H32O2. The Hall–Kier alpha value is -1.28. The number of aryl methyl sites for hydroxylation is 1. The number of rotatable bonds is 5. The Morgan fingerprint density at radius 3 is 2.88 bits per heavy atom. The molecule has 2 nitrogen and oxygen atoms in total. The molecule has 2 saturated carbocycles. The largest absolute Gasteiger partial charge is 0.497 e. The number of fused-ring (bicyclic) bond motifs is 5. The molecular weight excluding hydrogens is 308 g/mol. The number of benzene rings is 1. The van der Waals surface area contributed by atoms with Crippen LogP contribution in [0.5, 0.6) is 5.75 Å². The summed E-state index contributed by atoms with van der Waals surface area (Å²) in [6.07, 6.45) is 11.4. The number of hydrogen-bond donors (Lipinski definition) is 0. The van der Waals surface area contributed by atoms with Crippen molar-refractivity contribution in [1.82, 2.24) is 0 Å². The van der Waals surface area contributed by atoms with Crippen LogP contribution in [-0.2, 0) is 11.2 Å². The molecule has 0 bridgehead atoms. The van der Waals surface area contributed by atoms with E-state index in [0.29, 0.717) is 18.1 Å². The number of ether oxygens (including phenoxy) is 2. The summed E-state index contributed by atoms with van der Waals surface area (Å²) in [7, 11) is 1.77. The molecule has 5 atom stereocenters. The maximum absolute atomic E-state index is 6.26. The first-order valence-corrected chi connectivity index (χ1v) is 10.1. The molecule has 0 amide bonds. The van der Waals surface area contributed by atoms with Crippen LogP contribution in [-0.4, -0.2) is 19.8 Å². The summed E-state index contributed by atoms with van der Waals surface area (Å²) < 4.78 is 11.7. The lowest BCUT2D eigenvalue weighted by Gasteiger charge is -2.52. The molecule has 136 valence electrons. The highest BCUT2D eigenvalue weighted by Crippen LogP contribution is 2.63. The van der Waals surface area contributed by atoms with Gasteiger partial charge in [-0.15, -0.1) is 6.58 Å². The molecule has 2 fully saturated rings. The third kappa shape index (κ3) is 2.65. The molecule has 25 heavy (non-hydrogen) atoms. The Balaban J connectivity index is 1.62. The minimum atomic E-state index is 0.411. The lowest BCUT2D eigenvalue weighted by molar-refractivity contribution is -0.0693. The lowest BCUT2D eigenvalue weighted by atomic mass is 9.54. The topological polar surface area (TPSA) is 18.5 Å². The van der Waals surface area contributed by atoms with E-state index in [1.54, 1.807) is 12.7 Å². The SMILES string of the molecule is C=CCO[C@H]1CC[C@H]2[C@@H]3CCc4cc(OC)ccc4[C@H]3CC[C@]12CC. The second kappa shape index (κ2) is 6.79. The van der Waals surface area contributed by atoms with E-state index in [4.69, 9.17) is 9.47 Å². The van der Waals surface area contributed by atoms with Gasteiger partial charge in [0.25, 0.3) is 0 Å². The molecule has 0 radical (unpaired) electrons. The van der Waals surface area contributed by atoms with Gasteiger partial charge in [0, 0.05) is 0 Å². The van der Waals surface area contributed by atoms with Crippen LogP contribution in [0.15, 0.2) is 30.9 Å². The minimum Gasteiger partial charge on any atom is -0.497 e. The summed E-state index contributed by atoms with van der Waals surface area (Å²) in [5.74, 6) is 3.43. The first kappa shape index (κ1) is 17.1. The van der Waals surface area contributed by atoms with Gasteiger partial charge >= 0.3 is 0 Å². The van der Waals surface area contributed by atoms with Gasteiger partial charge in [0.05, 0.1) is 19.8 Å². The van der Waals surface area contributed by atoms with E-state index in [2.05, 4.69) is 31.7 Å². The van der Waals surface area contributed by atoms with Crippen LogP contribution in [0.4, 0.5) is 0 Å². The molecule has 1 aromatic rings. The zero-order valence-electron chi connectivity index (χ0n) is 15.8. The summed E-state index contributed by atoms with van der Waals surface area (Å²) in [6, 6.07) is 6.79. The molecule has 0 aliphatic heterocycles. The van der Waals surface area contributed by atoms with Gasteiger partial charge in [-0.2, -0.15) is 0 Å². The van der Waals surface area contributed by atoms with Crippen LogP contribution >= 0.6 is 0 Å². The fraction of sp³-hybridized carbons (Fsp3) is 0.652. The summed E-state index contributed by atoms with van der Waals surface area (Å²) in [5, 5.41) is 0. The van der Waals surface area contributed by atoms with Crippen LogP contribution in [0.1, 0.15) is 62.5 Å². The van der Waals surface area contributed by atoms with Crippen molar-refractivity contribution in [2.75, 3.05) is 13.7 Å². The first-order valence-electron chi connectivity index (χ1n) is 10.1. The van der Waals surface area contributed by atoms with Crippen LogP contribution in [0.2, 0.25) is 0 Å². The summed E-state index contributed by atoms with van der Waals surface area (Å²) in [5.41, 5.74) is 3.55. The molecule has 0 aromatic heterocycles. The molecule has 0 saturated heterocycles. The Labute approximate surface area is 152 Å². The van der Waals surface area contributed by atoms with Crippen molar-refractivity contribution in [3.63, 3.8) is 0 Å². The second-order valence-electron chi connectivity index (χ2n) is 8.29. The van der Waals surface area contributed by atoms with Gasteiger partial charge in [-0.3, -0.25) is 0 Å². The number of methoxy groups -OCH3 is 1. The predicted octanol–water partition coefficient (Wildman–Crippen LogP) is 5.51. The van der Waals surface area contributed by atoms with E-state index >= 15 is 0 Å². The van der Waals surface area contributed by atoms with E-state index < -0.39 is 0 Å². The van der Waals surface area contributed by atoms with Gasteiger partial charge in [0.2, 0.25) is 0 Å². The third-order valence-electron chi connectivity index (χ3n) is 7.64. The van der Waals surface area contributed by atoms with Crippen molar-refractivity contribution in [3.05, 3.63) is 42.0 Å². The first-order chi connectivity index (χ1) is 12.2. The number of hydrogen-bond acceptors (Lipinski definition) is 2. The van der Waals surface area contributed by atoms with Gasteiger partial charge in [0.15, 0.2) is 0 Å². The van der Waals surface area contributed by atoms with Crippen LogP contribution in [0.25, 0.3) is 0 Å². The smallest absolute Gasteiger partial charge is 0.119 e. The molecule has 1 aromatic carbocycles. The van der Waals surface area contributed by atoms with Gasteiger partial charge in [0.1, 0.15) is 5.75 Å². The molecule has 3 aliphatic rings. The highest BCUT2D eigenvalue weighted by molar-refractivity contribution is 5.40. The van der Waals surface area contributed by atoms with Crippen LogP contribution < -0.4 is 4.74 Å². The minimum absolute atomic E-state index is 0.411. The van der Waals surface area contributed by atoms with E-state index in [9.17, 15) is 0 Å².